The molecular weight excluding hydrogens is 214 g/mol. The van der Waals surface area contributed by atoms with Crippen molar-refractivity contribution >= 4 is 0 Å². The van der Waals surface area contributed by atoms with Gasteiger partial charge in [0.15, 0.2) is 11.5 Å². The van der Waals surface area contributed by atoms with E-state index in [4.69, 9.17) is 14.7 Å². The van der Waals surface area contributed by atoms with E-state index >= 15 is 0 Å². The number of rotatable bonds is 6. The first-order valence-corrected chi connectivity index (χ1v) is 5.82. The lowest BCUT2D eigenvalue weighted by Gasteiger charge is -2.19. The minimum Gasteiger partial charge on any atom is -0.493 e. The van der Waals surface area contributed by atoms with Crippen molar-refractivity contribution < 1.29 is 9.47 Å². The van der Waals surface area contributed by atoms with Crippen LogP contribution >= 0.6 is 0 Å². The number of para-hydroxylation sites is 2. The molecule has 0 spiro atoms. The van der Waals surface area contributed by atoms with E-state index in [1.807, 2.05) is 38.1 Å². The topological polar surface area (TPSA) is 42.2 Å². The highest BCUT2D eigenvalue weighted by Crippen LogP contribution is 2.28. The van der Waals surface area contributed by atoms with Crippen LogP contribution in [0.25, 0.3) is 0 Å². The molecule has 1 aromatic rings. The van der Waals surface area contributed by atoms with Gasteiger partial charge in [-0.3, -0.25) is 0 Å². The van der Waals surface area contributed by atoms with Crippen molar-refractivity contribution in [2.45, 2.75) is 26.7 Å². The number of hydrogen-bond donors (Lipinski definition) is 0. The van der Waals surface area contributed by atoms with Gasteiger partial charge in [0.1, 0.15) is 0 Å². The SMILES string of the molecule is CCC(C)(C#N)CCOc1ccccc1OC. The third-order valence-electron chi connectivity index (χ3n) is 3.03. The first-order chi connectivity index (χ1) is 8.15. The summed E-state index contributed by atoms with van der Waals surface area (Å²) >= 11 is 0. The van der Waals surface area contributed by atoms with Crippen LogP contribution in [-0.4, -0.2) is 13.7 Å². The van der Waals surface area contributed by atoms with E-state index in [9.17, 15) is 0 Å². The second-order valence-corrected chi connectivity index (χ2v) is 4.28. The normalized spacial score (nSPS) is 13.5. The van der Waals surface area contributed by atoms with Crippen molar-refractivity contribution in [1.82, 2.24) is 0 Å². The Labute approximate surface area is 103 Å². The molecule has 0 fully saturated rings. The molecule has 0 aromatic heterocycles. The van der Waals surface area contributed by atoms with E-state index in [1.54, 1.807) is 7.11 Å². The number of ether oxygens (including phenoxy) is 2. The van der Waals surface area contributed by atoms with Gasteiger partial charge >= 0.3 is 0 Å². The summed E-state index contributed by atoms with van der Waals surface area (Å²) in [5.74, 6) is 1.45. The van der Waals surface area contributed by atoms with E-state index in [1.165, 1.54) is 0 Å². The zero-order valence-corrected chi connectivity index (χ0v) is 10.7. The molecule has 3 nitrogen and oxygen atoms in total. The summed E-state index contributed by atoms with van der Waals surface area (Å²) in [6, 6.07) is 9.86. The molecule has 0 aliphatic heterocycles. The fraction of sp³-hybridized carbons (Fsp3) is 0.500. The second-order valence-electron chi connectivity index (χ2n) is 4.28. The fourth-order valence-electron chi connectivity index (χ4n) is 1.44. The Hall–Kier alpha value is -1.69. The molecule has 1 unspecified atom stereocenters. The van der Waals surface area contributed by atoms with Crippen molar-refractivity contribution in [1.29, 1.82) is 5.26 Å². The van der Waals surface area contributed by atoms with Crippen LogP contribution in [0.2, 0.25) is 0 Å². The highest BCUT2D eigenvalue weighted by Gasteiger charge is 2.21. The quantitative estimate of drug-likeness (QED) is 0.756. The van der Waals surface area contributed by atoms with Gasteiger partial charge in [-0.1, -0.05) is 19.1 Å². The smallest absolute Gasteiger partial charge is 0.161 e. The average Bonchev–Trinajstić information content (AvgIpc) is 2.39. The standard InChI is InChI=1S/C14H19NO2/c1-4-14(2,11-15)9-10-17-13-8-6-5-7-12(13)16-3/h5-8H,4,9-10H2,1-3H3. The molecular formula is C14H19NO2. The maximum Gasteiger partial charge on any atom is 0.161 e. The summed E-state index contributed by atoms with van der Waals surface area (Å²) in [6.07, 6.45) is 1.55. The maximum atomic E-state index is 9.05. The third-order valence-corrected chi connectivity index (χ3v) is 3.03. The maximum absolute atomic E-state index is 9.05. The van der Waals surface area contributed by atoms with Crippen molar-refractivity contribution in [3.8, 4) is 17.6 Å². The number of hydrogen-bond acceptors (Lipinski definition) is 3. The van der Waals surface area contributed by atoms with Crippen LogP contribution in [0.15, 0.2) is 24.3 Å². The van der Waals surface area contributed by atoms with Crippen LogP contribution in [0.4, 0.5) is 0 Å². The van der Waals surface area contributed by atoms with Gasteiger partial charge in [0, 0.05) is 0 Å². The van der Waals surface area contributed by atoms with Crippen molar-refractivity contribution in [2.75, 3.05) is 13.7 Å². The molecule has 0 amide bonds. The van der Waals surface area contributed by atoms with Crippen molar-refractivity contribution in [2.24, 2.45) is 5.41 Å². The molecule has 0 heterocycles. The van der Waals surface area contributed by atoms with E-state index in [0.717, 1.165) is 24.3 Å². The fourth-order valence-corrected chi connectivity index (χ4v) is 1.44. The molecule has 0 bridgehead atoms. The second kappa shape index (κ2) is 6.15. The summed E-state index contributed by atoms with van der Waals surface area (Å²) in [6.45, 7) is 4.50. The Balaban J connectivity index is 2.54. The van der Waals surface area contributed by atoms with Crippen molar-refractivity contribution in [3.63, 3.8) is 0 Å². The Morgan fingerprint density at radius 3 is 2.47 bits per heavy atom. The van der Waals surface area contributed by atoms with Gasteiger partial charge < -0.3 is 9.47 Å². The molecule has 0 saturated carbocycles. The number of nitrogens with zero attached hydrogens (tertiary/aromatic N) is 1. The number of nitriles is 1. The lowest BCUT2D eigenvalue weighted by molar-refractivity contribution is 0.240. The Bertz CT molecular complexity index is 397. The van der Waals surface area contributed by atoms with Gasteiger partial charge in [0.05, 0.1) is 25.2 Å². The van der Waals surface area contributed by atoms with Crippen LogP contribution in [0.3, 0.4) is 0 Å². The summed E-state index contributed by atoms with van der Waals surface area (Å²) in [7, 11) is 1.62. The first kappa shape index (κ1) is 13.4. The predicted molar refractivity (Wildman–Crippen MR) is 67.1 cm³/mol. The van der Waals surface area contributed by atoms with Gasteiger partial charge in [0.25, 0.3) is 0 Å². The summed E-state index contributed by atoms with van der Waals surface area (Å²) in [5, 5.41) is 9.05. The molecule has 3 heteroatoms. The minimum absolute atomic E-state index is 0.304. The van der Waals surface area contributed by atoms with E-state index in [0.29, 0.717) is 6.61 Å². The lowest BCUT2D eigenvalue weighted by atomic mass is 9.86. The number of methoxy groups -OCH3 is 1. The molecule has 17 heavy (non-hydrogen) atoms. The zero-order valence-electron chi connectivity index (χ0n) is 10.7. The molecule has 0 aliphatic rings. The van der Waals surface area contributed by atoms with E-state index < -0.39 is 0 Å². The Morgan fingerprint density at radius 2 is 1.94 bits per heavy atom. The number of benzene rings is 1. The molecule has 1 rings (SSSR count). The Morgan fingerprint density at radius 1 is 1.29 bits per heavy atom. The predicted octanol–water partition coefficient (Wildman–Crippen LogP) is 3.40. The average molecular weight is 233 g/mol. The largest absolute Gasteiger partial charge is 0.493 e. The summed E-state index contributed by atoms with van der Waals surface area (Å²) in [4.78, 5) is 0. The summed E-state index contributed by atoms with van der Waals surface area (Å²) < 4.78 is 10.8. The van der Waals surface area contributed by atoms with Gasteiger partial charge in [-0.15, -0.1) is 0 Å². The van der Waals surface area contributed by atoms with Crippen LogP contribution in [0.1, 0.15) is 26.7 Å². The monoisotopic (exact) mass is 233 g/mol. The zero-order chi connectivity index (χ0) is 12.7. The molecule has 0 saturated heterocycles. The molecule has 0 aliphatic carbocycles. The van der Waals surface area contributed by atoms with Crippen LogP contribution in [0, 0.1) is 16.7 Å². The molecule has 0 radical (unpaired) electrons. The Kier molecular flexibility index (Phi) is 4.84. The molecule has 0 N–H and O–H groups in total. The van der Waals surface area contributed by atoms with Gasteiger partial charge in [0.2, 0.25) is 0 Å². The van der Waals surface area contributed by atoms with E-state index in [2.05, 4.69) is 6.07 Å². The first-order valence-electron chi connectivity index (χ1n) is 5.82. The van der Waals surface area contributed by atoms with Crippen LogP contribution in [-0.2, 0) is 0 Å². The van der Waals surface area contributed by atoms with Gasteiger partial charge in [-0.05, 0) is 31.9 Å². The van der Waals surface area contributed by atoms with Gasteiger partial charge in [-0.2, -0.15) is 5.26 Å². The van der Waals surface area contributed by atoms with Crippen LogP contribution < -0.4 is 9.47 Å². The third kappa shape index (κ3) is 3.67. The van der Waals surface area contributed by atoms with E-state index in [-0.39, 0.29) is 5.41 Å². The molecule has 1 aromatic carbocycles. The molecule has 92 valence electrons. The van der Waals surface area contributed by atoms with Gasteiger partial charge in [-0.25, -0.2) is 0 Å². The van der Waals surface area contributed by atoms with Crippen LogP contribution in [0.5, 0.6) is 11.5 Å². The highest BCUT2D eigenvalue weighted by atomic mass is 16.5. The van der Waals surface area contributed by atoms with Crippen molar-refractivity contribution in [3.05, 3.63) is 24.3 Å². The highest BCUT2D eigenvalue weighted by molar-refractivity contribution is 5.39. The summed E-state index contributed by atoms with van der Waals surface area (Å²) in [5.41, 5.74) is -0.304. The molecule has 1 atom stereocenters. The minimum atomic E-state index is -0.304. The lowest BCUT2D eigenvalue weighted by Crippen LogP contribution is -2.16.